The van der Waals surface area contributed by atoms with Gasteiger partial charge in [0.25, 0.3) is 0 Å². The number of piperidine rings is 1. The van der Waals surface area contributed by atoms with Crippen LogP contribution in [0.1, 0.15) is 35.4 Å². The topological polar surface area (TPSA) is 20.3 Å². The van der Waals surface area contributed by atoms with E-state index >= 15 is 0 Å². The summed E-state index contributed by atoms with van der Waals surface area (Å²) in [5.41, 5.74) is 4.21. The first-order chi connectivity index (χ1) is 8.63. The van der Waals surface area contributed by atoms with Gasteiger partial charge in [-0.2, -0.15) is 0 Å². The Bertz CT molecular complexity index is 436. The first-order valence-corrected chi connectivity index (χ1v) is 7.06. The second-order valence-corrected chi connectivity index (χ2v) is 5.35. The maximum absolute atomic E-state index is 11.5. The first kappa shape index (κ1) is 13.4. The molecule has 0 spiro atoms. The maximum Gasteiger partial charge on any atom is 0.237 e. The normalized spacial score (nSPS) is 16.9. The fraction of sp³-hybridized carbons (Fsp3) is 0.533. The van der Waals surface area contributed by atoms with Crippen LogP contribution in [-0.2, 0) is 4.79 Å². The van der Waals surface area contributed by atoms with E-state index in [0.29, 0.717) is 5.92 Å². The van der Waals surface area contributed by atoms with Crippen molar-refractivity contribution >= 4 is 17.5 Å². The number of likely N-dealkylation sites (tertiary alicyclic amines) is 1. The number of carbonyl (C=O) groups excluding carboxylic acids is 1. The Morgan fingerprint density at radius 3 is 2.61 bits per heavy atom. The molecule has 0 saturated carbocycles. The number of amides is 1. The zero-order valence-corrected chi connectivity index (χ0v) is 11.8. The number of halogens is 1. The van der Waals surface area contributed by atoms with Crippen LogP contribution in [0.25, 0.3) is 0 Å². The molecule has 18 heavy (non-hydrogen) atoms. The highest BCUT2D eigenvalue weighted by Gasteiger charge is 2.24. The Labute approximate surface area is 114 Å². The van der Waals surface area contributed by atoms with Gasteiger partial charge in [-0.15, -0.1) is 11.6 Å². The molecule has 2 nitrogen and oxygen atoms in total. The first-order valence-electron chi connectivity index (χ1n) is 6.53. The second kappa shape index (κ2) is 5.75. The van der Waals surface area contributed by atoms with Crippen molar-refractivity contribution in [3.8, 4) is 0 Å². The highest BCUT2D eigenvalue weighted by atomic mass is 35.5. The van der Waals surface area contributed by atoms with Crippen LogP contribution in [0.15, 0.2) is 18.2 Å². The van der Waals surface area contributed by atoms with Crippen LogP contribution in [-0.4, -0.2) is 29.8 Å². The molecule has 1 fully saturated rings. The van der Waals surface area contributed by atoms with Crippen molar-refractivity contribution < 1.29 is 4.79 Å². The summed E-state index contributed by atoms with van der Waals surface area (Å²) in [7, 11) is 0. The van der Waals surface area contributed by atoms with Crippen molar-refractivity contribution in [1.82, 2.24) is 4.90 Å². The van der Waals surface area contributed by atoms with Crippen molar-refractivity contribution in [2.45, 2.75) is 32.6 Å². The summed E-state index contributed by atoms with van der Waals surface area (Å²) in [5.74, 6) is 0.758. The average Bonchev–Trinajstić information content (AvgIpc) is 2.41. The minimum Gasteiger partial charge on any atom is -0.342 e. The van der Waals surface area contributed by atoms with Gasteiger partial charge in [-0.25, -0.2) is 0 Å². The van der Waals surface area contributed by atoms with Gasteiger partial charge in [0.1, 0.15) is 5.88 Å². The van der Waals surface area contributed by atoms with Crippen molar-refractivity contribution in [3.63, 3.8) is 0 Å². The van der Waals surface area contributed by atoms with Gasteiger partial charge in [-0.05, 0) is 49.3 Å². The van der Waals surface area contributed by atoms with Crippen LogP contribution in [0.3, 0.4) is 0 Å². The lowest BCUT2D eigenvalue weighted by Gasteiger charge is -2.32. The number of hydrogen-bond acceptors (Lipinski definition) is 1. The number of nitrogens with zero attached hydrogens (tertiary/aromatic N) is 1. The van der Waals surface area contributed by atoms with Crippen molar-refractivity contribution in [2.24, 2.45) is 0 Å². The molecule has 3 heteroatoms. The fourth-order valence-corrected chi connectivity index (χ4v) is 2.91. The standard InChI is InChI=1S/C15H20ClNO/c1-11-4-3-5-14(12(11)2)13-6-8-17(9-7-13)15(18)10-16/h3-5,13H,6-10H2,1-2H3. The Balaban J connectivity index is 2.06. The van der Waals surface area contributed by atoms with E-state index in [0.717, 1.165) is 25.9 Å². The Kier molecular flexibility index (Phi) is 4.28. The largest absolute Gasteiger partial charge is 0.342 e. The molecule has 0 aliphatic carbocycles. The van der Waals surface area contributed by atoms with E-state index in [1.165, 1.54) is 16.7 Å². The van der Waals surface area contributed by atoms with Crippen LogP contribution in [0.4, 0.5) is 0 Å². The molecule has 0 bridgehead atoms. The molecule has 0 atom stereocenters. The molecule has 1 aromatic rings. The summed E-state index contributed by atoms with van der Waals surface area (Å²) in [6.07, 6.45) is 2.10. The van der Waals surface area contributed by atoms with Crippen molar-refractivity contribution in [3.05, 3.63) is 34.9 Å². The van der Waals surface area contributed by atoms with Crippen LogP contribution in [0.5, 0.6) is 0 Å². The van der Waals surface area contributed by atoms with Gasteiger partial charge in [0, 0.05) is 13.1 Å². The Morgan fingerprint density at radius 2 is 2.00 bits per heavy atom. The monoisotopic (exact) mass is 265 g/mol. The molecule has 1 aromatic carbocycles. The summed E-state index contributed by atoms with van der Waals surface area (Å²) in [6.45, 7) is 6.03. The van der Waals surface area contributed by atoms with Gasteiger partial charge in [0.15, 0.2) is 0 Å². The molecule has 1 aliphatic heterocycles. The molecule has 1 amide bonds. The summed E-state index contributed by atoms with van der Waals surface area (Å²) >= 11 is 5.59. The minimum absolute atomic E-state index is 0.0658. The van der Waals surface area contributed by atoms with E-state index in [1.807, 2.05) is 4.90 Å². The summed E-state index contributed by atoms with van der Waals surface area (Å²) in [6, 6.07) is 6.52. The molecule has 0 aromatic heterocycles. The molecule has 1 heterocycles. The second-order valence-electron chi connectivity index (χ2n) is 5.08. The smallest absolute Gasteiger partial charge is 0.237 e. The molecular formula is C15H20ClNO. The van der Waals surface area contributed by atoms with Crippen LogP contribution in [0, 0.1) is 13.8 Å². The van der Waals surface area contributed by atoms with Gasteiger partial charge in [-0.1, -0.05) is 18.2 Å². The third-order valence-electron chi connectivity index (χ3n) is 4.05. The Hall–Kier alpha value is -1.02. The molecule has 0 unspecified atom stereocenters. The quantitative estimate of drug-likeness (QED) is 0.752. The van der Waals surface area contributed by atoms with Gasteiger partial charge < -0.3 is 4.90 Å². The van der Waals surface area contributed by atoms with E-state index in [9.17, 15) is 4.79 Å². The molecule has 1 aliphatic rings. The number of aryl methyl sites for hydroxylation is 1. The minimum atomic E-state index is 0.0658. The van der Waals surface area contributed by atoms with Crippen LogP contribution >= 0.6 is 11.6 Å². The molecular weight excluding hydrogens is 246 g/mol. The number of alkyl halides is 1. The average molecular weight is 266 g/mol. The predicted molar refractivity (Wildman–Crippen MR) is 75.2 cm³/mol. The number of carbonyl (C=O) groups is 1. The van der Waals surface area contributed by atoms with Gasteiger partial charge in [-0.3, -0.25) is 4.79 Å². The zero-order chi connectivity index (χ0) is 13.1. The van der Waals surface area contributed by atoms with E-state index in [2.05, 4.69) is 32.0 Å². The third-order valence-corrected chi connectivity index (χ3v) is 4.28. The van der Waals surface area contributed by atoms with E-state index < -0.39 is 0 Å². The summed E-state index contributed by atoms with van der Waals surface area (Å²) in [5, 5.41) is 0. The predicted octanol–water partition coefficient (Wildman–Crippen LogP) is 3.25. The fourth-order valence-electron chi connectivity index (χ4n) is 2.74. The lowest BCUT2D eigenvalue weighted by Crippen LogP contribution is -2.38. The SMILES string of the molecule is Cc1cccc(C2CCN(C(=O)CCl)CC2)c1C. The number of benzene rings is 1. The zero-order valence-electron chi connectivity index (χ0n) is 11.1. The molecule has 2 rings (SSSR count). The third kappa shape index (κ3) is 2.69. The van der Waals surface area contributed by atoms with E-state index in [-0.39, 0.29) is 11.8 Å². The van der Waals surface area contributed by atoms with Crippen molar-refractivity contribution in [1.29, 1.82) is 0 Å². The molecule has 1 saturated heterocycles. The van der Waals surface area contributed by atoms with E-state index in [1.54, 1.807) is 0 Å². The van der Waals surface area contributed by atoms with Crippen LogP contribution in [0.2, 0.25) is 0 Å². The number of rotatable bonds is 2. The molecule has 0 N–H and O–H groups in total. The number of hydrogen-bond donors (Lipinski definition) is 0. The van der Waals surface area contributed by atoms with Gasteiger partial charge in [0.05, 0.1) is 0 Å². The maximum atomic E-state index is 11.5. The Morgan fingerprint density at radius 1 is 1.33 bits per heavy atom. The molecule has 0 radical (unpaired) electrons. The van der Waals surface area contributed by atoms with E-state index in [4.69, 9.17) is 11.6 Å². The van der Waals surface area contributed by atoms with Gasteiger partial charge in [0.2, 0.25) is 5.91 Å². The van der Waals surface area contributed by atoms with Crippen LogP contribution < -0.4 is 0 Å². The summed E-state index contributed by atoms with van der Waals surface area (Å²) < 4.78 is 0. The van der Waals surface area contributed by atoms with Gasteiger partial charge >= 0.3 is 0 Å². The lowest BCUT2D eigenvalue weighted by atomic mass is 9.85. The highest BCUT2D eigenvalue weighted by molar-refractivity contribution is 6.27. The molecule has 98 valence electrons. The highest BCUT2D eigenvalue weighted by Crippen LogP contribution is 2.31. The lowest BCUT2D eigenvalue weighted by molar-refractivity contribution is -0.129. The summed E-state index contributed by atoms with van der Waals surface area (Å²) in [4.78, 5) is 13.4. The van der Waals surface area contributed by atoms with Crippen molar-refractivity contribution in [2.75, 3.05) is 19.0 Å².